The summed E-state index contributed by atoms with van der Waals surface area (Å²) in [5, 5.41) is 0. The Bertz CT molecular complexity index is 577. The largest absolute Gasteiger partial charge is 0.493 e. The van der Waals surface area contributed by atoms with E-state index < -0.39 is 5.41 Å². The number of benzene rings is 1. The van der Waals surface area contributed by atoms with Crippen LogP contribution in [0.4, 0.5) is 0 Å². The Balaban J connectivity index is 2.52. The van der Waals surface area contributed by atoms with E-state index in [0.717, 1.165) is 28.6 Å². The van der Waals surface area contributed by atoms with Gasteiger partial charge < -0.3 is 9.47 Å². The lowest BCUT2D eigenvalue weighted by atomic mass is 9.88. The fraction of sp³-hybridized carbons (Fsp3) is 0.650. The van der Waals surface area contributed by atoms with Gasteiger partial charge in [-0.1, -0.05) is 29.8 Å². The molecule has 0 heterocycles. The first-order valence-electron chi connectivity index (χ1n) is 8.62. The molecule has 0 N–H and O–H groups in total. The molecule has 1 rings (SSSR count). The summed E-state index contributed by atoms with van der Waals surface area (Å²) in [6, 6.07) is 2.06. The highest BCUT2D eigenvalue weighted by Crippen LogP contribution is 2.31. The minimum absolute atomic E-state index is 0.122. The van der Waals surface area contributed by atoms with E-state index in [0.29, 0.717) is 19.1 Å². The molecule has 3 nitrogen and oxygen atoms in total. The fourth-order valence-corrected chi connectivity index (χ4v) is 2.81. The second kappa shape index (κ2) is 8.89. The van der Waals surface area contributed by atoms with Gasteiger partial charge in [-0.25, -0.2) is 0 Å². The maximum Gasteiger partial charge on any atom is 0.311 e. The molecule has 0 saturated heterocycles. The van der Waals surface area contributed by atoms with Crippen LogP contribution in [0.15, 0.2) is 10.5 Å². The maximum atomic E-state index is 12.1. The van der Waals surface area contributed by atoms with Crippen LogP contribution in [0, 0.1) is 32.1 Å². The summed E-state index contributed by atoms with van der Waals surface area (Å²) in [7, 11) is 0. The van der Waals surface area contributed by atoms with Crippen LogP contribution in [0.25, 0.3) is 0 Å². The Morgan fingerprint density at radius 1 is 1.21 bits per heavy atom. The molecule has 0 spiro atoms. The van der Waals surface area contributed by atoms with Crippen molar-refractivity contribution in [3.63, 3.8) is 0 Å². The van der Waals surface area contributed by atoms with E-state index in [1.54, 1.807) is 0 Å². The van der Waals surface area contributed by atoms with Crippen molar-refractivity contribution < 1.29 is 14.3 Å². The van der Waals surface area contributed by atoms with Gasteiger partial charge in [-0.05, 0) is 76.1 Å². The van der Waals surface area contributed by atoms with Crippen molar-refractivity contribution >= 4 is 21.9 Å². The third-order valence-electron chi connectivity index (χ3n) is 4.26. The predicted octanol–water partition coefficient (Wildman–Crippen LogP) is 5.76. The monoisotopic (exact) mass is 398 g/mol. The lowest BCUT2D eigenvalue weighted by molar-refractivity contribution is -0.155. The van der Waals surface area contributed by atoms with Crippen LogP contribution in [0.2, 0.25) is 0 Å². The number of hydrogen-bond acceptors (Lipinski definition) is 3. The van der Waals surface area contributed by atoms with Crippen molar-refractivity contribution in [2.75, 3.05) is 13.2 Å². The molecule has 0 saturated carbocycles. The van der Waals surface area contributed by atoms with E-state index in [-0.39, 0.29) is 5.97 Å². The van der Waals surface area contributed by atoms with Gasteiger partial charge in [-0.2, -0.15) is 0 Å². The van der Waals surface area contributed by atoms with Crippen molar-refractivity contribution in [3.8, 4) is 5.75 Å². The first-order chi connectivity index (χ1) is 11.1. The van der Waals surface area contributed by atoms with Crippen LogP contribution in [-0.4, -0.2) is 19.2 Å². The van der Waals surface area contributed by atoms with Crippen LogP contribution in [0.3, 0.4) is 0 Å². The standard InChI is InChI=1S/C20H31BrO3/c1-13(2)12-24-19(22)20(6,7)9-8-10-23-17-11-14(3)18(21)16(5)15(17)4/h11,13H,8-10,12H2,1-7H3. The van der Waals surface area contributed by atoms with Gasteiger partial charge in [-0.3, -0.25) is 4.79 Å². The molecule has 0 atom stereocenters. The summed E-state index contributed by atoms with van der Waals surface area (Å²) in [4.78, 5) is 12.1. The molecule has 0 aliphatic rings. The number of rotatable bonds is 8. The quantitative estimate of drug-likeness (QED) is 0.412. The van der Waals surface area contributed by atoms with Gasteiger partial charge in [0.1, 0.15) is 5.75 Å². The van der Waals surface area contributed by atoms with E-state index in [2.05, 4.69) is 42.8 Å². The van der Waals surface area contributed by atoms with Crippen molar-refractivity contribution in [3.05, 3.63) is 27.2 Å². The van der Waals surface area contributed by atoms with Crippen LogP contribution in [0.1, 0.15) is 57.2 Å². The van der Waals surface area contributed by atoms with Crippen LogP contribution in [0.5, 0.6) is 5.75 Å². The summed E-state index contributed by atoms with van der Waals surface area (Å²) in [5.74, 6) is 1.16. The fourth-order valence-electron chi connectivity index (χ4n) is 2.40. The molecular weight excluding hydrogens is 368 g/mol. The van der Waals surface area contributed by atoms with E-state index in [1.807, 2.05) is 27.7 Å². The van der Waals surface area contributed by atoms with Crippen molar-refractivity contribution in [2.45, 2.75) is 61.3 Å². The molecule has 1 aromatic carbocycles. The second-order valence-corrected chi connectivity index (χ2v) is 8.38. The highest BCUT2D eigenvalue weighted by molar-refractivity contribution is 9.10. The summed E-state index contributed by atoms with van der Waals surface area (Å²) in [6.07, 6.45) is 1.56. The average molecular weight is 399 g/mol. The average Bonchev–Trinajstić information content (AvgIpc) is 2.51. The van der Waals surface area contributed by atoms with E-state index >= 15 is 0 Å². The molecule has 0 radical (unpaired) electrons. The summed E-state index contributed by atoms with van der Waals surface area (Å²) in [5.41, 5.74) is 3.06. The van der Waals surface area contributed by atoms with Crippen molar-refractivity contribution in [1.82, 2.24) is 0 Å². The van der Waals surface area contributed by atoms with Gasteiger partial charge in [0.2, 0.25) is 0 Å². The molecule has 0 aliphatic carbocycles. The number of carbonyl (C=O) groups excluding carboxylic acids is 1. The molecule has 0 amide bonds. The van der Waals surface area contributed by atoms with Crippen molar-refractivity contribution in [1.29, 1.82) is 0 Å². The Morgan fingerprint density at radius 3 is 2.42 bits per heavy atom. The molecule has 4 heteroatoms. The number of aryl methyl sites for hydroxylation is 1. The minimum atomic E-state index is -0.473. The highest BCUT2D eigenvalue weighted by Gasteiger charge is 2.29. The molecule has 136 valence electrons. The zero-order valence-corrected chi connectivity index (χ0v) is 17.7. The SMILES string of the molecule is Cc1cc(OCCCC(C)(C)C(=O)OCC(C)C)c(C)c(C)c1Br. The number of halogens is 1. The lowest BCUT2D eigenvalue weighted by Gasteiger charge is -2.23. The third kappa shape index (κ3) is 5.80. The number of carbonyl (C=O) groups is 1. The summed E-state index contributed by atoms with van der Waals surface area (Å²) < 4.78 is 12.5. The molecule has 1 aromatic rings. The van der Waals surface area contributed by atoms with E-state index in [4.69, 9.17) is 9.47 Å². The molecule has 0 bridgehead atoms. The third-order valence-corrected chi connectivity index (χ3v) is 5.48. The van der Waals surface area contributed by atoms with E-state index in [9.17, 15) is 4.79 Å². The topological polar surface area (TPSA) is 35.5 Å². The van der Waals surface area contributed by atoms with Crippen molar-refractivity contribution in [2.24, 2.45) is 11.3 Å². The highest BCUT2D eigenvalue weighted by atomic mass is 79.9. The lowest BCUT2D eigenvalue weighted by Crippen LogP contribution is -2.28. The molecule has 24 heavy (non-hydrogen) atoms. The van der Waals surface area contributed by atoms with Gasteiger partial charge in [0.15, 0.2) is 0 Å². The van der Waals surface area contributed by atoms with Gasteiger partial charge >= 0.3 is 5.97 Å². The Morgan fingerprint density at radius 2 is 1.83 bits per heavy atom. The number of ether oxygens (including phenoxy) is 2. The Labute approximate surface area is 155 Å². The number of esters is 1. The maximum absolute atomic E-state index is 12.1. The van der Waals surface area contributed by atoms with E-state index in [1.165, 1.54) is 11.1 Å². The number of hydrogen-bond donors (Lipinski definition) is 0. The van der Waals surface area contributed by atoms with Gasteiger partial charge in [0, 0.05) is 4.47 Å². The minimum Gasteiger partial charge on any atom is -0.493 e. The van der Waals surface area contributed by atoms with Crippen LogP contribution < -0.4 is 4.74 Å². The van der Waals surface area contributed by atoms with Gasteiger partial charge in [-0.15, -0.1) is 0 Å². The zero-order chi connectivity index (χ0) is 18.5. The molecule has 0 fully saturated rings. The predicted molar refractivity (Wildman–Crippen MR) is 103 cm³/mol. The van der Waals surface area contributed by atoms with Gasteiger partial charge in [0.25, 0.3) is 0 Å². The molecular formula is C20H31BrO3. The Kier molecular flexibility index (Phi) is 7.78. The van der Waals surface area contributed by atoms with Crippen LogP contribution in [-0.2, 0) is 9.53 Å². The van der Waals surface area contributed by atoms with Crippen LogP contribution >= 0.6 is 15.9 Å². The first-order valence-corrected chi connectivity index (χ1v) is 9.42. The van der Waals surface area contributed by atoms with Gasteiger partial charge in [0.05, 0.1) is 18.6 Å². The normalized spacial score (nSPS) is 11.7. The Hall–Kier alpha value is -1.03. The first kappa shape index (κ1) is 21.0. The molecule has 0 unspecified atom stereocenters. The molecule has 0 aliphatic heterocycles. The summed E-state index contributed by atoms with van der Waals surface area (Å²) >= 11 is 3.61. The zero-order valence-electron chi connectivity index (χ0n) is 16.1. The molecule has 0 aromatic heterocycles. The smallest absolute Gasteiger partial charge is 0.311 e. The second-order valence-electron chi connectivity index (χ2n) is 7.58. The summed E-state index contributed by atoms with van der Waals surface area (Å²) in [6.45, 7) is 15.3.